The van der Waals surface area contributed by atoms with Gasteiger partial charge in [0.15, 0.2) is 5.78 Å². The van der Waals surface area contributed by atoms with E-state index in [9.17, 15) is 18.0 Å². The third-order valence-electron chi connectivity index (χ3n) is 6.44. The molecule has 1 aliphatic heterocycles. The molecule has 11 heteroatoms. The summed E-state index contributed by atoms with van der Waals surface area (Å²) >= 11 is 1.33. The molecule has 2 aromatic heterocycles. The third kappa shape index (κ3) is 4.93. The van der Waals surface area contributed by atoms with Gasteiger partial charge in [-0.2, -0.15) is 9.29 Å². The lowest BCUT2D eigenvalue weighted by atomic mass is 9.97. The van der Waals surface area contributed by atoms with E-state index in [1.54, 1.807) is 37.3 Å². The number of thiophene rings is 1. The van der Waals surface area contributed by atoms with Gasteiger partial charge in [0.1, 0.15) is 0 Å². The van der Waals surface area contributed by atoms with Crippen molar-refractivity contribution in [3.63, 3.8) is 0 Å². The number of nitrogens with zero attached hydrogens (tertiary/aromatic N) is 3. The predicted molar refractivity (Wildman–Crippen MR) is 131 cm³/mol. The highest BCUT2D eigenvalue weighted by atomic mass is 32.2. The van der Waals surface area contributed by atoms with Crippen LogP contribution in [0, 0.1) is 12.8 Å². The summed E-state index contributed by atoms with van der Waals surface area (Å²) in [6, 6.07) is 8.42. The second-order valence-electron chi connectivity index (χ2n) is 9.07. The van der Waals surface area contributed by atoms with Crippen LogP contribution in [-0.2, 0) is 14.8 Å². The van der Waals surface area contributed by atoms with Crippen LogP contribution >= 0.6 is 11.3 Å². The summed E-state index contributed by atoms with van der Waals surface area (Å²) < 4.78 is 33.5. The molecular formula is C24H26N4O5S2. The minimum atomic E-state index is -3.71. The Morgan fingerprint density at radius 1 is 1.14 bits per heavy atom. The van der Waals surface area contributed by atoms with E-state index in [1.807, 2.05) is 0 Å². The first-order chi connectivity index (χ1) is 16.7. The Morgan fingerprint density at radius 2 is 1.89 bits per heavy atom. The number of amides is 1. The third-order valence-corrected chi connectivity index (χ3v) is 9.64. The fourth-order valence-electron chi connectivity index (χ4n) is 4.22. The van der Waals surface area contributed by atoms with Gasteiger partial charge in [0, 0.05) is 41.1 Å². The van der Waals surface area contributed by atoms with E-state index in [-0.39, 0.29) is 35.6 Å². The van der Waals surface area contributed by atoms with E-state index in [2.05, 4.69) is 15.5 Å². The van der Waals surface area contributed by atoms with Gasteiger partial charge in [-0.3, -0.25) is 9.59 Å². The first kappa shape index (κ1) is 23.8. The Hall–Kier alpha value is -2.89. The zero-order valence-electron chi connectivity index (χ0n) is 19.5. The topological polar surface area (TPSA) is 122 Å². The van der Waals surface area contributed by atoms with Gasteiger partial charge < -0.3 is 9.84 Å². The number of ketones is 1. The van der Waals surface area contributed by atoms with E-state index in [0.29, 0.717) is 51.5 Å². The van der Waals surface area contributed by atoms with E-state index in [1.165, 1.54) is 22.6 Å². The Kier molecular flexibility index (Phi) is 6.32. The molecule has 35 heavy (non-hydrogen) atoms. The molecule has 1 N–H and O–H groups in total. The van der Waals surface area contributed by atoms with Gasteiger partial charge in [0.25, 0.3) is 0 Å². The van der Waals surface area contributed by atoms with Crippen LogP contribution in [0.4, 0.5) is 5.69 Å². The number of hydrogen-bond donors (Lipinski definition) is 1. The summed E-state index contributed by atoms with van der Waals surface area (Å²) in [7, 11) is -3.71. The lowest BCUT2D eigenvalue weighted by Crippen LogP contribution is -2.41. The molecule has 0 unspecified atom stereocenters. The van der Waals surface area contributed by atoms with Crippen LogP contribution in [0.25, 0.3) is 10.7 Å². The molecule has 0 atom stereocenters. The number of piperidine rings is 1. The van der Waals surface area contributed by atoms with E-state index < -0.39 is 10.0 Å². The standard InChI is InChI=1S/C24H26N4O5S2/c1-14(29)18-4-3-5-19(12-18)25-23(30)16-8-10-28(11-9-16)35(31,32)21-13-20(34-15(21)2)22-26-24(33-27-22)17-6-7-17/h3-5,12-13,16-17H,6-11H2,1-2H3,(H,25,30). The van der Waals surface area contributed by atoms with Gasteiger partial charge in [-0.1, -0.05) is 17.3 Å². The van der Waals surface area contributed by atoms with Crippen molar-refractivity contribution in [1.29, 1.82) is 0 Å². The smallest absolute Gasteiger partial charge is 0.244 e. The van der Waals surface area contributed by atoms with Crippen LogP contribution in [0.5, 0.6) is 0 Å². The summed E-state index contributed by atoms with van der Waals surface area (Å²) in [4.78, 5) is 30.4. The number of benzene rings is 1. The minimum absolute atomic E-state index is 0.0748. The molecule has 3 heterocycles. The van der Waals surface area contributed by atoms with Crippen molar-refractivity contribution >= 4 is 38.7 Å². The number of nitrogens with one attached hydrogen (secondary N) is 1. The number of aryl methyl sites for hydroxylation is 1. The van der Waals surface area contributed by atoms with Crippen molar-refractivity contribution in [2.45, 2.75) is 50.3 Å². The number of sulfonamides is 1. The molecule has 0 radical (unpaired) electrons. The number of Topliss-reactive ketones (excluding diaryl/α,β-unsaturated/α-hetero) is 1. The first-order valence-corrected chi connectivity index (χ1v) is 13.8. The van der Waals surface area contributed by atoms with Crippen molar-refractivity contribution in [2.24, 2.45) is 5.92 Å². The summed E-state index contributed by atoms with van der Waals surface area (Å²) in [5.41, 5.74) is 1.09. The molecule has 1 saturated carbocycles. The normalized spacial score (nSPS) is 17.4. The van der Waals surface area contributed by atoms with Crippen molar-refractivity contribution in [2.75, 3.05) is 18.4 Å². The average molecular weight is 515 g/mol. The number of carbonyl (C=O) groups is 2. The molecule has 3 aromatic rings. The van der Waals surface area contributed by atoms with Crippen LogP contribution < -0.4 is 5.32 Å². The maximum Gasteiger partial charge on any atom is 0.244 e. The van der Waals surface area contributed by atoms with Gasteiger partial charge in [0.2, 0.25) is 27.6 Å². The summed E-state index contributed by atoms with van der Waals surface area (Å²) in [6.07, 6.45) is 2.93. The number of hydrogen-bond acceptors (Lipinski definition) is 8. The fraction of sp³-hybridized carbons (Fsp3) is 0.417. The number of rotatable bonds is 7. The SMILES string of the molecule is CC(=O)c1cccc(NC(=O)C2CCN(S(=O)(=O)c3cc(-c4noc(C5CC5)n4)sc3C)CC2)c1. The van der Waals surface area contributed by atoms with Crippen LogP contribution in [0.3, 0.4) is 0 Å². The largest absolute Gasteiger partial charge is 0.339 e. The second kappa shape index (κ2) is 9.29. The maximum atomic E-state index is 13.4. The second-order valence-corrected chi connectivity index (χ2v) is 12.2. The summed E-state index contributed by atoms with van der Waals surface area (Å²) in [6.45, 7) is 3.76. The van der Waals surface area contributed by atoms with Gasteiger partial charge in [-0.25, -0.2) is 8.42 Å². The molecule has 9 nitrogen and oxygen atoms in total. The highest BCUT2D eigenvalue weighted by Crippen LogP contribution is 2.41. The average Bonchev–Trinajstić information content (AvgIpc) is 3.43. The Balaban J connectivity index is 1.24. The highest BCUT2D eigenvalue weighted by Gasteiger charge is 2.35. The van der Waals surface area contributed by atoms with Crippen LogP contribution in [0.2, 0.25) is 0 Å². The quantitative estimate of drug-likeness (QED) is 0.468. The molecule has 0 spiro atoms. The fourth-order valence-corrected chi connectivity index (χ4v) is 7.18. The van der Waals surface area contributed by atoms with Crippen LogP contribution in [0.15, 0.2) is 39.8 Å². The van der Waals surface area contributed by atoms with Crippen LogP contribution in [0.1, 0.15) is 59.7 Å². The zero-order chi connectivity index (χ0) is 24.7. The predicted octanol–water partition coefficient (Wildman–Crippen LogP) is 4.23. The molecule has 1 amide bonds. The molecule has 1 saturated heterocycles. The van der Waals surface area contributed by atoms with Gasteiger partial charge in [-0.05, 0) is 57.7 Å². The molecule has 2 aliphatic rings. The number of aromatic nitrogens is 2. The van der Waals surface area contributed by atoms with Crippen molar-refractivity contribution in [3.05, 3.63) is 46.7 Å². The molecule has 1 aliphatic carbocycles. The number of anilines is 1. The monoisotopic (exact) mass is 514 g/mol. The Labute approximate surface area is 207 Å². The Bertz CT molecular complexity index is 1380. The van der Waals surface area contributed by atoms with E-state index in [4.69, 9.17) is 4.52 Å². The highest BCUT2D eigenvalue weighted by molar-refractivity contribution is 7.89. The lowest BCUT2D eigenvalue weighted by Gasteiger charge is -2.30. The minimum Gasteiger partial charge on any atom is -0.339 e. The van der Waals surface area contributed by atoms with Gasteiger partial charge >= 0.3 is 0 Å². The molecular weight excluding hydrogens is 488 g/mol. The molecule has 0 bridgehead atoms. The molecule has 5 rings (SSSR count). The maximum absolute atomic E-state index is 13.4. The zero-order valence-corrected chi connectivity index (χ0v) is 21.1. The Morgan fingerprint density at radius 3 is 2.57 bits per heavy atom. The van der Waals surface area contributed by atoms with E-state index >= 15 is 0 Å². The van der Waals surface area contributed by atoms with Gasteiger partial charge in [0.05, 0.1) is 9.77 Å². The van der Waals surface area contributed by atoms with Crippen molar-refractivity contribution in [3.8, 4) is 10.7 Å². The molecule has 1 aromatic carbocycles. The number of carbonyl (C=O) groups excluding carboxylic acids is 2. The molecule has 184 valence electrons. The first-order valence-electron chi connectivity index (χ1n) is 11.6. The van der Waals surface area contributed by atoms with E-state index in [0.717, 1.165) is 12.8 Å². The van der Waals surface area contributed by atoms with Crippen molar-refractivity contribution in [1.82, 2.24) is 14.4 Å². The summed E-state index contributed by atoms with van der Waals surface area (Å²) in [5.74, 6) is 0.822. The lowest BCUT2D eigenvalue weighted by molar-refractivity contribution is -0.120. The molecule has 2 fully saturated rings. The van der Waals surface area contributed by atoms with Gasteiger partial charge in [-0.15, -0.1) is 11.3 Å². The summed E-state index contributed by atoms with van der Waals surface area (Å²) in [5, 5.41) is 6.88. The van der Waals surface area contributed by atoms with Crippen molar-refractivity contribution < 1.29 is 22.5 Å². The van der Waals surface area contributed by atoms with Crippen LogP contribution in [-0.4, -0.2) is 47.6 Å².